The zero-order valence-electron chi connectivity index (χ0n) is 15.7. The van der Waals surface area contributed by atoms with Gasteiger partial charge in [0.05, 0.1) is 7.11 Å². The maximum absolute atomic E-state index is 12.3. The maximum atomic E-state index is 12.3. The highest BCUT2D eigenvalue weighted by molar-refractivity contribution is 5.75. The van der Waals surface area contributed by atoms with Gasteiger partial charge in [-0.1, -0.05) is 12.1 Å². The number of hydrogen-bond acceptors (Lipinski definition) is 7. The standard InChI is InChI=1S/C19H27N3O5/c1-12-18(27-19(24)22(12)14-7-9-21-10-8-14)26-15-5-3-13(4-6-15)11-16(20)17(23)25-2/h3-6,12,14,16,18,21H,7-11,20H2,1-2H3. The van der Waals surface area contributed by atoms with Crippen LogP contribution in [0, 0.1) is 0 Å². The monoisotopic (exact) mass is 377 g/mol. The second-order valence-corrected chi connectivity index (χ2v) is 6.98. The van der Waals surface area contributed by atoms with Gasteiger partial charge in [0.25, 0.3) is 6.29 Å². The number of nitrogens with two attached hydrogens (primary N) is 1. The van der Waals surface area contributed by atoms with E-state index in [1.165, 1.54) is 7.11 Å². The van der Waals surface area contributed by atoms with Gasteiger partial charge < -0.3 is 25.3 Å². The largest absolute Gasteiger partial charge is 0.468 e. The number of benzene rings is 1. The molecule has 2 aliphatic rings. The highest BCUT2D eigenvalue weighted by Gasteiger charge is 2.44. The van der Waals surface area contributed by atoms with Crippen molar-refractivity contribution in [3.05, 3.63) is 29.8 Å². The highest BCUT2D eigenvalue weighted by atomic mass is 16.7. The van der Waals surface area contributed by atoms with Crippen molar-refractivity contribution in [1.29, 1.82) is 0 Å². The molecule has 0 aromatic heterocycles. The number of methoxy groups -OCH3 is 1. The first-order valence-corrected chi connectivity index (χ1v) is 9.28. The van der Waals surface area contributed by atoms with Crippen LogP contribution >= 0.6 is 0 Å². The van der Waals surface area contributed by atoms with Crippen LogP contribution < -0.4 is 15.8 Å². The smallest absolute Gasteiger partial charge is 0.413 e. The Balaban J connectivity index is 1.58. The van der Waals surface area contributed by atoms with Gasteiger partial charge in [-0.25, -0.2) is 4.79 Å². The summed E-state index contributed by atoms with van der Waals surface area (Å²) in [4.78, 5) is 25.5. The topological polar surface area (TPSA) is 103 Å². The predicted octanol–water partition coefficient (Wildman–Crippen LogP) is 1.03. The number of esters is 1. The molecule has 2 saturated heterocycles. The van der Waals surface area contributed by atoms with E-state index in [0.717, 1.165) is 31.5 Å². The molecule has 0 radical (unpaired) electrons. The molecule has 1 amide bonds. The number of nitrogens with one attached hydrogen (secondary N) is 1. The number of nitrogens with zero attached hydrogens (tertiary/aromatic N) is 1. The first kappa shape index (κ1) is 19.4. The molecule has 2 heterocycles. The molecular weight excluding hydrogens is 350 g/mol. The normalized spacial score (nSPS) is 24.4. The highest BCUT2D eigenvalue weighted by Crippen LogP contribution is 2.28. The lowest BCUT2D eigenvalue weighted by Gasteiger charge is -2.32. The zero-order chi connectivity index (χ0) is 19.4. The molecule has 3 N–H and O–H groups in total. The van der Waals surface area contributed by atoms with Crippen LogP contribution in [0.3, 0.4) is 0 Å². The van der Waals surface area contributed by atoms with Crippen molar-refractivity contribution in [2.45, 2.75) is 50.6 Å². The Bertz CT molecular complexity index is 660. The number of carbonyl (C=O) groups excluding carboxylic acids is 2. The van der Waals surface area contributed by atoms with Crippen molar-refractivity contribution in [2.24, 2.45) is 5.73 Å². The first-order valence-electron chi connectivity index (χ1n) is 9.28. The molecule has 2 fully saturated rings. The SMILES string of the molecule is COC(=O)C(N)Cc1ccc(OC2OC(=O)N(C3CCNCC3)C2C)cc1. The summed E-state index contributed by atoms with van der Waals surface area (Å²) in [6.07, 6.45) is 1.25. The number of carbonyl (C=O) groups is 2. The molecular formula is C19H27N3O5. The summed E-state index contributed by atoms with van der Waals surface area (Å²) in [5.74, 6) is 0.155. The van der Waals surface area contributed by atoms with Gasteiger partial charge in [-0.15, -0.1) is 0 Å². The number of hydrogen-bond donors (Lipinski definition) is 2. The molecule has 27 heavy (non-hydrogen) atoms. The van der Waals surface area contributed by atoms with Crippen LogP contribution in [0.15, 0.2) is 24.3 Å². The Morgan fingerprint density at radius 2 is 2.00 bits per heavy atom. The van der Waals surface area contributed by atoms with Crippen molar-refractivity contribution in [3.63, 3.8) is 0 Å². The second kappa shape index (κ2) is 8.58. The van der Waals surface area contributed by atoms with E-state index < -0.39 is 18.3 Å². The Morgan fingerprint density at radius 1 is 1.33 bits per heavy atom. The van der Waals surface area contributed by atoms with Gasteiger partial charge in [-0.2, -0.15) is 0 Å². The maximum Gasteiger partial charge on any atom is 0.413 e. The van der Waals surface area contributed by atoms with E-state index in [1.807, 2.05) is 19.1 Å². The minimum atomic E-state index is -0.698. The Labute approximate surface area is 158 Å². The Morgan fingerprint density at radius 3 is 2.63 bits per heavy atom. The molecule has 0 aliphatic carbocycles. The molecule has 3 rings (SSSR count). The number of cyclic esters (lactones) is 1. The van der Waals surface area contributed by atoms with Gasteiger partial charge in [0, 0.05) is 6.04 Å². The van der Waals surface area contributed by atoms with Crippen molar-refractivity contribution in [2.75, 3.05) is 20.2 Å². The summed E-state index contributed by atoms with van der Waals surface area (Å²) in [6, 6.07) is 6.57. The molecule has 0 bridgehead atoms. The number of amides is 1. The quantitative estimate of drug-likeness (QED) is 0.714. The fourth-order valence-electron chi connectivity index (χ4n) is 3.57. The van der Waals surface area contributed by atoms with E-state index in [4.69, 9.17) is 15.2 Å². The minimum Gasteiger partial charge on any atom is -0.468 e. The van der Waals surface area contributed by atoms with E-state index in [1.54, 1.807) is 17.0 Å². The molecule has 8 nitrogen and oxygen atoms in total. The van der Waals surface area contributed by atoms with E-state index in [2.05, 4.69) is 10.1 Å². The lowest BCUT2D eigenvalue weighted by atomic mass is 10.0. The average Bonchev–Trinajstić information content (AvgIpc) is 2.96. The van der Waals surface area contributed by atoms with Crippen molar-refractivity contribution >= 4 is 12.1 Å². The summed E-state index contributed by atoms with van der Waals surface area (Å²) in [7, 11) is 1.32. The lowest BCUT2D eigenvalue weighted by molar-refractivity contribution is -0.142. The fourth-order valence-corrected chi connectivity index (χ4v) is 3.57. The van der Waals surface area contributed by atoms with Crippen LogP contribution in [0.1, 0.15) is 25.3 Å². The fraction of sp³-hybridized carbons (Fsp3) is 0.579. The van der Waals surface area contributed by atoms with Gasteiger partial charge in [0.1, 0.15) is 17.8 Å². The van der Waals surface area contributed by atoms with E-state index >= 15 is 0 Å². The number of ether oxygens (including phenoxy) is 3. The third-order valence-electron chi connectivity index (χ3n) is 5.10. The second-order valence-electron chi connectivity index (χ2n) is 6.98. The Hall–Kier alpha value is -2.32. The van der Waals surface area contributed by atoms with Gasteiger partial charge >= 0.3 is 12.1 Å². The summed E-state index contributed by atoms with van der Waals surface area (Å²) in [6.45, 7) is 3.76. The molecule has 2 aliphatic heterocycles. The number of rotatable bonds is 6. The number of piperidine rings is 1. The van der Waals surface area contributed by atoms with Crippen LogP contribution in [-0.2, 0) is 20.7 Å². The lowest BCUT2D eigenvalue weighted by Crippen LogP contribution is -2.48. The van der Waals surface area contributed by atoms with Crippen molar-refractivity contribution in [3.8, 4) is 5.75 Å². The molecule has 3 unspecified atom stereocenters. The van der Waals surface area contributed by atoms with Crippen LogP contribution in [-0.4, -0.2) is 61.6 Å². The molecule has 3 atom stereocenters. The van der Waals surface area contributed by atoms with Crippen LogP contribution in [0.25, 0.3) is 0 Å². The van der Waals surface area contributed by atoms with Gasteiger partial charge in [-0.05, 0) is 57.0 Å². The molecule has 8 heteroatoms. The summed E-state index contributed by atoms with van der Waals surface area (Å²) >= 11 is 0. The van der Waals surface area contributed by atoms with Crippen molar-refractivity contribution < 1.29 is 23.8 Å². The zero-order valence-corrected chi connectivity index (χ0v) is 15.7. The third-order valence-corrected chi connectivity index (χ3v) is 5.10. The predicted molar refractivity (Wildman–Crippen MR) is 98.2 cm³/mol. The summed E-state index contributed by atoms with van der Waals surface area (Å²) in [5.41, 5.74) is 6.67. The average molecular weight is 377 g/mol. The van der Waals surface area contributed by atoms with Crippen LogP contribution in [0.4, 0.5) is 4.79 Å². The third kappa shape index (κ3) is 4.51. The molecule has 0 spiro atoms. The van der Waals surface area contributed by atoms with E-state index in [-0.39, 0.29) is 18.2 Å². The van der Waals surface area contributed by atoms with E-state index in [0.29, 0.717) is 12.2 Å². The molecule has 1 aromatic rings. The van der Waals surface area contributed by atoms with Gasteiger partial charge in [-0.3, -0.25) is 9.69 Å². The van der Waals surface area contributed by atoms with Crippen LogP contribution in [0.5, 0.6) is 5.75 Å². The Kier molecular flexibility index (Phi) is 6.18. The molecule has 148 valence electrons. The van der Waals surface area contributed by atoms with E-state index in [9.17, 15) is 9.59 Å². The van der Waals surface area contributed by atoms with Crippen LogP contribution in [0.2, 0.25) is 0 Å². The first-order chi connectivity index (χ1) is 13.0. The van der Waals surface area contributed by atoms with Gasteiger partial charge in [0.2, 0.25) is 0 Å². The summed E-state index contributed by atoms with van der Waals surface area (Å²) < 4.78 is 16.0. The summed E-state index contributed by atoms with van der Waals surface area (Å²) in [5, 5.41) is 3.30. The molecule has 0 saturated carbocycles. The van der Waals surface area contributed by atoms with Gasteiger partial charge in [0.15, 0.2) is 0 Å². The molecule has 1 aromatic carbocycles. The minimum absolute atomic E-state index is 0.159. The van der Waals surface area contributed by atoms with Crippen molar-refractivity contribution in [1.82, 2.24) is 10.2 Å².